The Bertz CT molecular complexity index is 4480. The van der Waals surface area contributed by atoms with Crippen molar-refractivity contribution in [3.8, 4) is 33.9 Å². The second kappa shape index (κ2) is 26.1. The summed E-state index contributed by atoms with van der Waals surface area (Å²) in [5.74, 6) is -5.94. The molecule has 2 aliphatic rings. The zero-order valence-electron chi connectivity index (χ0n) is 46.2. The normalized spacial score (nSPS) is 11.9. The predicted molar refractivity (Wildman–Crippen MR) is 277 cm³/mol. The topological polar surface area (TPSA) is 367 Å². The molecule has 82 heavy (non-hydrogen) atoms. The first kappa shape index (κ1) is 70.2. The van der Waals surface area contributed by atoms with Gasteiger partial charge in [0.05, 0.1) is 34.3 Å². The molecular weight excluding hydrogens is 1180 g/mol. The van der Waals surface area contributed by atoms with Crippen LogP contribution in [0.3, 0.4) is 0 Å². The quantitative estimate of drug-likeness (QED) is 0.0255. The van der Waals surface area contributed by atoms with Crippen molar-refractivity contribution in [2.45, 2.75) is 75.0 Å². The molecule has 0 spiro atoms. The second-order valence-electron chi connectivity index (χ2n) is 18.5. The molecule has 6 N–H and O–H groups in total. The summed E-state index contributed by atoms with van der Waals surface area (Å²) in [5.41, 5.74) is 1.07. The van der Waals surface area contributed by atoms with Gasteiger partial charge in [0.1, 0.15) is 52.2 Å². The van der Waals surface area contributed by atoms with E-state index >= 15 is 0 Å². The number of fused-ring (bicyclic) bond motifs is 2. The van der Waals surface area contributed by atoms with E-state index in [2.05, 4.69) is 25.8 Å². The number of carbonyl (C=O) groups is 2. The second-order valence-corrected chi connectivity index (χ2v) is 24.5. The third-order valence-corrected chi connectivity index (χ3v) is 17.3. The fourth-order valence-electron chi connectivity index (χ4n) is 9.34. The zero-order chi connectivity index (χ0) is 57.5. The van der Waals surface area contributed by atoms with E-state index in [1.807, 2.05) is 0 Å². The van der Waals surface area contributed by atoms with Crippen LogP contribution in [0.2, 0.25) is 0 Å². The molecule has 1 aliphatic carbocycles. The van der Waals surface area contributed by atoms with Crippen LogP contribution in [0.5, 0.6) is 11.5 Å². The molecule has 1 heterocycles. The summed E-state index contributed by atoms with van der Waals surface area (Å²) in [6.45, 7) is 12.3. The van der Waals surface area contributed by atoms with Crippen LogP contribution in [0.1, 0.15) is 65.2 Å². The van der Waals surface area contributed by atoms with Crippen molar-refractivity contribution in [2.24, 2.45) is 0 Å². The first-order valence-electron chi connectivity index (χ1n) is 22.9. The Balaban J connectivity index is 0.00000361. The van der Waals surface area contributed by atoms with Crippen molar-refractivity contribution in [2.75, 3.05) is 14.8 Å². The molecule has 0 saturated carbocycles. The van der Waals surface area contributed by atoms with Gasteiger partial charge in [0.25, 0.3) is 20.0 Å². The van der Waals surface area contributed by atoms with Gasteiger partial charge >= 0.3 is 118 Å². The molecule has 21 nitrogen and oxygen atoms in total. The average Bonchev–Trinajstić information content (AvgIpc) is 3.35. The minimum atomic E-state index is -5.48. The number of aryl methyl sites for hydroxylation is 6. The van der Waals surface area contributed by atoms with Crippen LogP contribution in [-0.4, -0.2) is 64.9 Å². The van der Waals surface area contributed by atoms with Gasteiger partial charge in [0.15, 0.2) is 0 Å². The third-order valence-electron chi connectivity index (χ3n) is 12.8. The van der Waals surface area contributed by atoms with E-state index < -0.39 is 99.8 Å². The Labute approximate surface area is 560 Å². The largest absolute Gasteiger partial charge is 1.00 e. The Kier molecular flexibility index (Phi) is 22.3. The molecule has 0 unspecified atom stereocenters. The van der Waals surface area contributed by atoms with Crippen molar-refractivity contribution in [1.82, 2.24) is 0 Å². The van der Waals surface area contributed by atoms with Crippen molar-refractivity contribution in [1.29, 1.82) is 0 Å². The van der Waals surface area contributed by atoms with E-state index in [0.29, 0.717) is 33.5 Å². The van der Waals surface area contributed by atoms with Crippen LogP contribution < -0.4 is 154 Å². The Hall–Kier alpha value is -4.33. The first-order valence-corrected chi connectivity index (χ1v) is 28.7. The third kappa shape index (κ3) is 14.0. The zero-order valence-corrected chi connectivity index (χ0v) is 57.5. The summed E-state index contributed by atoms with van der Waals surface area (Å²) >= 11 is 0. The smallest absolute Gasteiger partial charge is 0.744 e. The molecular formula is C53H44N4Na4O17S4. The number of hydrogen-bond acceptors (Lipinski definition) is 18. The number of aromatic carboxylic acids is 2. The van der Waals surface area contributed by atoms with E-state index in [4.69, 9.17) is 4.42 Å². The maximum atomic E-state index is 13.9. The summed E-state index contributed by atoms with van der Waals surface area (Å²) in [5, 5.41) is 47.7. The van der Waals surface area contributed by atoms with Gasteiger partial charge < -0.3 is 48.9 Å². The van der Waals surface area contributed by atoms with Crippen LogP contribution in [0.25, 0.3) is 33.4 Å². The molecule has 8 rings (SSSR count). The van der Waals surface area contributed by atoms with E-state index in [1.54, 1.807) is 40.7 Å². The minimum Gasteiger partial charge on any atom is -0.744 e. The van der Waals surface area contributed by atoms with E-state index in [1.165, 1.54) is 57.2 Å². The fourth-order valence-corrected chi connectivity index (χ4v) is 13.5. The molecule has 0 amide bonds. The summed E-state index contributed by atoms with van der Waals surface area (Å²) in [7, 11) is -20.2. The molecule has 1 aliphatic heterocycles. The monoisotopic (exact) mass is 1230 g/mol. The Morgan fingerprint density at radius 1 is 0.561 bits per heavy atom. The van der Waals surface area contributed by atoms with Gasteiger partial charge in [-0.2, -0.15) is 12.1 Å². The number of nitrogens with one attached hydrogen (secondary N) is 4. The average molecular weight is 1230 g/mol. The molecule has 0 fully saturated rings. The van der Waals surface area contributed by atoms with Crippen molar-refractivity contribution in [3.05, 3.63) is 152 Å². The fraction of sp³-hybridized carbons (Fsp3) is 0.151. The first-order chi connectivity index (χ1) is 36.2. The number of carbonyl (C=O) groups excluding carboxylic acids is 2. The van der Waals surface area contributed by atoms with E-state index in [0.717, 1.165) is 42.5 Å². The molecule has 0 atom stereocenters. The number of carboxylic acids is 2. The Morgan fingerprint density at radius 2 is 1.04 bits per heavy atom. The van der Waals surface area contributed by atoms with Crippen molar-refractivity contribution in [3.63, 3.8) is 0 Å². The van der Waals surface area contributed by atoms with Crippen LogP contribution in [0.15, 0.2) is 109 Å². The number of phenols is 2. The summed E-state index contributed by atoms with van der Waals surface area (Å²) in [6.07, 6.45) is 0. The molecule has 6 aromatic rings. The molecule has 0 saturated heterocycles. The maximum absolute atomic E-state index is 13.9. The van der Waals surface area contributed by atoms with E-state index in [9.17, 15) is 72.8 Å². The SMILES string of the molecule is Cc1cc(C(=O)[O-])c(O)c(S(=O)(=O)Nc2c(C)cc(C)c(Nc3[c-]cc4c(-c5ccccc5S(=O)(=O)[O-])c5cc(S(=O)(=O)[O-])c(=[NH+]c6c(C)cc(C)c(NS(=O)(=O)c7cc(C)cc(C(=O)[O-])c7O)c6C)cc-5oc4c3)c2C)c1.[Na+].[Na+].[Na+].[Na+]. The molecule has 0 aromatic heterocycles. The molecule has 6 aromatic carbocycles. The van der Waals surface area contributed by atoms with Gasteiger partial charge in [-0.05, 0) is 137 Å². The number of aromatic hydroxyl groups is 2. The molecule has 29 heteroatoms. The van der Waals surface area contributed by atoms with Crippen LogP contribution >= 0.6 is 0 Å². The van der Waals surface area contributed by atoms with Gasteiger partial charge in [-0.15, -0.1) is 6.07 Å². The molecule has 406 valence electrons. The summed E-state index contributed by atoms with van der Waals surface area (Å²) in [6, 6.07) is 20.3. The number of carboxylic acid groups (broad SMARTS) is 2. The molecule has 0 radical (unpaired) electrons. The Morgan fingerprint density at radius 3 is 1.54 bits per heavy atom. The van der Waals surface area contributed by atoms with Crippen LogP contribution in [-0.2, 0) is 40.3 Å². The number of anilines is 4. The van der Waals surface area contributed by atoms with Crippen molar-refractivity contribution >= 4 is 91.6 Å². The molecule has 0 bridgehead atoms. The number of sulfonamides is 2. The van der Waals surface area contributed by atoms with Gasteiger partial charge in [-0.25, -0.2) is 38.7 Å². The number of benzene rings is 7. The van der Waals surface area contributed by atoms with Crippen LogP contribution in [0, 0.1) is 61.5 Å². The van der Waals surface area contributed by atoms with Crippen molar-refractivity contribution < 1.29 is 200 Å². The van der Waals surface area contributed by atoms with Gasteiger partial charge in [0, 0.05) is 39.1 Å². The van der Waals surface area contributed by atoms with Gasteiger partial charge in [0.2, 0.25) is 11.0 Å². The number of rotatable bonds is 14. The van der Waals surface area contributed by atoms with Gasteiger partial charge in [-0.3, -0.25) is 9.44 Å². The summed E-state index contributed by atoms with van der Waals surface area (Å²) in [4.78, 5) is 23.3. The maximum Gasteiger partial charge on any atom is 1.00 e. The van der Waals surface area contributed by atoms with E-state index in [-0.39, 0.29) is 191 Å². The minimum absolute atomic E-state index is 0. The van der Waals surface area contributed by atoms with Gasteiger partial charge in [-0.1, -0.05) is 40.9 Å². The summed E-state index contributed by atoms with van der Waals surface area (Å²) < 4.78 is 145. The van der Waals surface area contributed by atoms with Crippen LogP contribution in [0.4, 0.5) is 28.4 Å². The predicted octanol–water partition coefficient (Wildman–Crippen LogP) is -7.91. The standard InChI is InChI=1S/C53H47N4O17S4.4Na/c1-24-15-36(52(60)61)50(58)43(17-24)75(64,65)56-48-28(5)19-26(3)46(30(48)7)54-32-13-14-33-39(21-32)74-40-23-38(42(78(71,72)73)22-35(40)45(33)34-11-9-10-12-41(34)77(68,69)70)55-47-27(4)20-29(6)49(31(47)8)57-76(66,67)44-18-25(2)16-37(51(44)59)53(62)63;;;;/h9-12,14-23,54,56-59H,1-8H3,(H,60,61)(H,62,63)(H,68,69,70)(H,71,72,73);;;;/q-1;4*+1/p-3. The number of hydrogen-bond donors (Lipinski definition) is 6.